The molecule has 0 aliphatic heterocycles. The summed E-state index contributed by atoms with van der Waals surface area (Å²) in [5, 5.41) is 2.95. The molecule has 3 N–H and O–H groups in total. The number of anilines is 1. The number of thiocarbonyl (C=S) groups is 1. The molecule has 0 bridgehead atoms. The Morgan fingerprint density at radius 3 is 2.39 bits per heavy atom. The zero-order valence-electron chi connectivity index (χ0n) is 12.1. The molecule has 2 aromatic carbocycles. The maximum Gasteiger partial charge on any atom is 0.238 e. The van der Waals surface area contributed by atoms with E-state index in [1.165, 1.54) is 30.3 Å². The van der Waals surface area contributed by atoms with Crippen LogP contribution in [-0.4, -0.2) is 11.0 Å². The van der Waals surface area contributed by atoms with Crippen molar-refractivity contribution in [3.8, 4) is 0 Å². The molecule has 0 aliphatic carbocycles. The largest absolute Gasteiger partial charge is 0.331 e. The van der Waals surface area contributed by atoms with Gasteiger partial charge in [-0.2, -0.15) is 0 Å². The summed E-state index contributed by atoms with van der Waals surface area (Å²) in [7, 11) is 0. The van der Waals surface area contributed by atoms with Crippen LogP contribution < -0.4 is 16.2 Å². The second kappa shape index (κ2) is 8.19. The van der Waals surface area contributed by atoms with Crippen molar-refractivity contribution in [3.05, 3.63) is 65.7 Å². The molecule has 0 aliphatic rings. The van der Waals surface area contributed by atoms with Crippen LogP contribution in [0.2, 0.25) is 0 Å². The quantitative estimate of drug-likeness (QED) is 0.594. The second-order valence-electron chi connectivity index (χ2n) is 4.73. The Balaban J connectivity index is 1.72. The summed E-state index contributed by atoms with van der Waals surface area (Å²) < 4.78 is 26.2. The predicted octanol–water partition coefficient (Wildman–Crippen LogP) is 2.92. The molecule has 2 rings (SSSR count). The molecule has 7 heteroatoms. The van der Waals surface area contributed by atoms with Crippen molar-refractivity contribution in [1.29, 1.82) is 0 Å². The van der Waals surface area contributed by atoms with E-state index >= 15 is 0 Å². The second-order valence-corrected chi connectivity index (χ2v) is 5.13. The van der Waals surface area contributed by atoms with Gasteiger partial charge in [-0.15, -0.1) is 0 Å². The van der Waals surface area contributed by atoms with Crippen molar-refractivity contribution in [2.45, 2.75) is 12.8 Å². The number of hydrogen-bond acceptors (Lipinski definition) is 2. The zero-order valence-corrected chi connectivity index (χ0v) is 12.9. The highest BCUT2D eigenvalue weighted by Crippen LogP contribution is 2.09. The molecule has 0 aromatic heterocycles. The van der Waals surface area contributed by atoms with Gasteiger partial charge in [0.25, 0.3) is 0 Å². The van der Waals surface area contributed by atoms with E-state index in [9.17, 15) is 13.6 Å². The highest BCUT2D eigenvalue weighted by atomic mass is 32.1. The summed E-state index contributed by atoms with van der Waals surface area (Å²) in [6.07, 6.45) is 0.408. The van der Waals surface area contributed by atoms with Crippen molar-refractivity contribution in [2.75, 3.05) is 5.32 Å². The van der Waals surface area contributed by atoms with Crippen molar-refractivity contribution < 1.29 is 13.6 Å². The fraction of sp³-hybridized carbons (Fsp3) is 0.125. The smallest absolute Gasteiger partial charge is 0.238 e. The molecule has 0 heterocycles. The summed E-state index contributed by atoms with van der Waals surface area (Å²) in [5.74, 6) is -1.01. The van der Waals surface area contributed by atoms with Crippen molar-refractivity contribution >= 4 is 28.9 Å². The molecule has 120 valence electrons. The number of hydrazine groups is 1. The third-order valence-electron chi connectivity index (χ3n) is 3.00. The fourth-order valence-electron chi connectivity index (χ4n) is 1.83. The first-order valence-electron chi connectivity index (χ1n) is 6.89. The summed E-state index contributed by atoms with van der Waals surface area (Å²) in [4.78, 5) is 11.7. The van der Waals surface area contributed by atoms with E-state index in [4.69, 9.17) is 12.2 Å². The third kappa shape index (κ3) is 5.63. The zero-order chi connectivity index (χ0) is 16.7. The molecule has 23 heavy (non-hydrogen) atoms. The molecular formula is C16H15F2N3OS. The number of carbonyl (C=O) groups is 1. The van der Waals surface area contributed by atoms with E-state index in [0.29, 0.717) is 17.7 Å². The van der Waals surface area contributed by atoms with Gasteiger partial charge in [0.1, 0.15) is 11.6 Å². The molecule has 0 saturated carbocycles. The van der Waals surface area contributed by atoms with Crippen LogP contribution in [0.25, 0.3) is 0 Å². The number of aryl methyl sites for hydroxylation is 1. The third-order valence-corrected chi connectivity index (χ3v) is 3.20. The highest BCUT2D eigenvalue weighted by molar-refractivity contribution is 7.80. The van der Waals surface area contributed by atoms with Gasteiger partial charge in [-0.3, -0.25) is 15.6 Å². The van der Waals surface area contributed by atoms with Gasteiger partial charge in [-0.1, -0.05) is 18.2 Å². The molecule has 0 atom stereocenters. The van der Waals surface area contributed by atoms with Crippen LogP contribution in [-0.2, 0) is 11.2 Å². The lowest BCUT2D eigenvalue weighted by molar-refractivity contribution is -0.121. The van der Waals surface area contributed by atoms with E-state index in [0.717, 1.165) is 0 Å². The summed E-state index contributed by atoms with van der Waals surface area (Å²) in [5.41, 5.74) is 6.01. The van der Waals surface area contributed by atoms with Crippen molar-refractivity contribution in [3.63, 3.8) is 0 Å². The van der Waals surface area contributed by atoms with Gasteiger partial charge >= 0.3 is 0 Å². The Morgan fingerprint density at radius 2 is 1.70 bits per heavy atom. The molecule has 0 radical (unpaired) electrons. The molecule has 0 unspecified atom stereocenters. The van der Waals surface area contributed by atoms with Crippen LogP contribution in [0.4, 0.5) is 14.5 Å². The predicted molar refractivity (Wildman–Crippen MR) is 88.6 cm³/mol. The minimum absolute atomic E-state index is 0.118. The SMILES string of the molecule is O=C(CCc1ccccc1F)NNC(=S)Nc1ccc(F)cc1. The molecule has 2 aromatic rings. The average molecular weight is 335 g/mol. The van der Waals surface area contributed by atoms with Crippen molar-refractivity contribution in [2.24, 2.45) is 0 Å². The number of benzene rings is 2. The summed E-state index contributed by atoms with van der Waals surface area (Å²) in [6.45, 7) is 0. The van der Waals surface area contributed by atoms with E-state index in [1.807, 2.05) is 0 Å². The normalized spacial score (nSPS) is 10.0. The molecule has 4 nitrogen and oxygen atoms in total. The lowest BCUT2D eigenvalue weighted by atomic mass is 10.1. The number of carbonyl (C=O) groups excluding carboxylic acids is 1. The minimum Gasteiger partial charge on any atom is -0.331 e. The Bertz CT molecular complexity index is 692. The fourth-order valence-corrected chi connectivity index (χ4v) is 2.00. The van der Waals surface area contributed by atoms with Gasteiger partial charge in [0.15, 0.2) is 5.11 Å². The van der Waals surface area contributed by atoms with E-state index in [1.54, 1.807) is 18.2 Å². The topological polar surface area (TPSA) is 53.2 Å². The number of halogens is 2. The maximum absolute atomic E-state index is 13.4. The molecule has 0 saturated heterocycles. The Labute approximate surface area is 137 Å². The number of hydrogen-bond donors (Lipinski definition) is 3. The monoisotopic (exact) mass is 335 g/mol. The lowest BCUT2D eigenvalue weighted by Gasteiger charge is -2.11. The van der Waals surface area contributed by atoms with Gasteiger partial charge in [0.2, 0.25) is 5.91 Å². The number of amides is 1. The Morgan fingerprint density at radius 1 is 1.00 bits per heavy atom. The van der Waals surface area contributed by atoms with E-state index < -0.39 is 0 Å². The summed E-state index contributed by atoms with van der Waals surface area (Å²) in [6, 6.07) is 11.9. The minimum atomic E-state index is -0.351. The highest BCUT2D eigenvalue weighted by Gasteiger charge is 2.06. The first-order chi connectivity index (χ1) is 11.0. The van der Waals surface area contributed by atoms with Crippen LogP contribution in [0, 0.1) is 11.6 Å². The number of rotatable bonds is 4. The van der Waals surface area contributed by atoms with E-state index in [2.05, 4.69) is 16.2 Å². The van der Waals surface area contributed by atoms with E-state index in [-0.39, 0.29) is 29.1 Å². The van der Waals surface area contributed by atoms with Crippen molar-refractivity contribution in [1.82, 2.24) is 10.9 Å². The van der Waals surface area contributed by atoms with Gasteiger partial charge < -0.3 is 5.32 Å². The molecule has 0 fully saturated rings. The standard InChI is InChI=1S/C16H15F2N3OS/c17-12-6-8-13(9-7-12)19-16(23)21-20-15(22)10-5-11-3-1-2-4-14(11)18/h1-4,6-9H,5,10H2,(H,20,22)(H2,19,21,23). The molecule has 0 spiro atoms. The first-order valence-corrected chi connectivity index (χ1v) is 7.30. The Hall–Kier alpha value is -2.54. The van der Waals surface area contributed by atoms with Crippen LogP contribution in [0.3, 0.4) is 0 Å². The molecule has 1 amide bonds. The first kappa shape index (κ1) is 16.8. The lowest BCUT2D eigenvalue weighted by Crippen LogP contribution is -2.43. The van der Waals surface area contributed by atoms with Crippen LogP contribution >= 0.6 is 12.2 Å². The Kier molecular flexibility index (Phi) is 5.99. The summed E-state index contributed by atoms with van der Waals surface area (Å²) >= 11 is 4.99. The van der Waals surface area contributed by atoms with Crippen LogP contribution in [0.5, 0.6) is 0 Å². The van der Waals surface area contributed by atoms with Crippen LogP contribution in [0.1, 0.15) is 12.0 Å². The van der Waals surface area contributed by atoms with Gasteiger partial charge in [0, 0.05) is 12.1 Å². The number of nitrogens with one attached hydrogen (secondary N) is 3. The van der Waals surface area contributed by atoms with Crippen LogP contribution in [0.15, 0.2) is 48.5 Å². The maximum atomic E-state index is 13.4. The van der Waals surface area contributed by atoms with Gasteiger partial charge in [0.05, 0.1) is 0 Å². The van der Waals surface area contributed by atoms with Gasteiger partial charge in [-0.05, 0) is 54.5 Å². The van der Waals surface area contributed by atoms with Gasteiger partial charge in [-0.25, -0.2) is 8.78 Å². The average Bonchev–Trinajstić information content (AvgIpc) is 2.54. The molecular weight excluding hydrogens is 320 g/mol.